The molecule has 1 saturated heterocycles. The topological polar surface area (TPSA) is 47.3 Å². The van der Waals surface area contributed by atoms with Crippen molar-refractivity contribution in [3.63, 3.8) is 0 Å². The molecule has 0 saturated carbocycles. The van der Waals surface area contributed by atoms with Crippen molar-refractivity contribution < 1.29 is 9.18 Å². The highest BCUT2D eigenvalue weighted by Crippen LogP contribution is 2.43. The summed E-state index contributed by atoms with van der Waals surface area (Å²) in [7, 11) is 0. The van der Waals surface area contributed by atoms with Gasteiger partial charge in [0.2, 0.25) is 5.91 Å². The van der Waals surface area contributed by atoms with Gasteiger partial charge in [0, 0.05) is 18.0 Å². The van der Waals surface area contributed by atoms with Crippen LogP contribution in [0.15, 0.2) is 59.1 Å². The number of para-hydroxylation sites is 1. The van der Waals surface area contributed by atoms with Gasteiger partial charge in [-0.2, -0.15) is 5.26 Å². The first kappa shape index (κ1) is 17.6. The molecule has 1 atom stereocenters. The summed E-state index contributed by atoms with van der Waals surface area (Å²) in [6, 6.07) is 16.5. The van der Waals surface area contributed by atoms with Gasteiger partial charge in [-0.3, -0.25) is 9.69 Å². The number of carbonyl (C=O) groups is 1. The van der Waals surface area contributed by atoms with Crippen LogP contribution in [-0.4, -0.2) is 23.4 Å². The van der Waals surface area contributed by atoms with E-state index in [2.05, 4.69) is 24.0 Å². The second-order valence-corrected chi connectivity index (χ2v) is 7.64. The van der Waals surface area contributed by atoms with Gasteiger partial charge in [0.1, 0.15) is 5.82 Å². The van der Waals surface area contributed by atoms with Gasteiger partial charge in [0.05, 0.1) is 29.2 Å². The van der Waals surface area contributed by atoms with Crippen molar-refractivity contribution in [3.8, 4) is 6.07 Å². The van der Waals surface area contributed by atoms with Crippen LogP contribution in [0.25, 0.3) is 0 Å². The molecule has 0 radical (unpaired) electrons. The van der Waals surface area contributed by atoms with E-state index in [1.165, 1.54) is 23.9 Å². The lowest BCUT2D eigenvalue weighted by Gasteiger charge is -2.42. The Bertz CT molecular complexity index is 964. The van der Waals surface area contributed by atoms with Crippen molar-refractivity contribution in [3.05, 3.63) is 76.1 Å². The van der Waals surface area contributed by atoms with Crippen LogP contribution in [0.2, 0.25) is 0 Å². The van der Waals surface area contributed by atoms with E-state index in [-0.39, 0.29) is 24.1 Å². The summed E-state index contributed by atoms with van der Waals surface area (Å²) < 4.78 is 13.3. The second-order valence-electron chi connectivity index (χ2n) is 6.70. The fraction of sp³-hybridized carbons (Fsp3) is 0.238. The van der Waals surface area contributed by atoms with Crippen LogP contribution in [0.5, 0.6) is 0 Å². The van der Waals surface area contributed by atoms with E-state index in [1.54, 1.807) is 17.0 Å². The number of hydrogen-bond acceptors (Lipinski definition) is 4. The molecule has 0 aliphatic carbocycles. The van der Waals surface area contributed by atoms with Crippen LogP contribution in [0.3, 0.4) is 0 Å². The smallest absolute Gasteiger partial charge is 0.229 e. The number of benzene rings is 2. The lowest BCUT2D eigenvalue weighted by molar-refractivity contribution is -0.129. The number of aryl methyl sites for hydroxylation is 1. The zero-order chi connectivity index (χ0) is 19.0. The molecule has 1 unspecified atom stereocenters. The Morgan fingerprint density at radius 2 is 1.93 bits per heavy atom. The molecule has 27 heavy (non-hydrogen) atoms. The fourth-order valence-corrected chi connectivity index (χ4v) is 4.77. The highest BCUT2D eigenvalue weighted by atomic mass is 32.2. The van der Waals surface area contributed by atoms with E-state index in [0.29, 0.717) is 18.1 Å². The average Bonchev–Trinajstić information content (AvgIpc) is 2.69. The number of nitriles is 1. The van der Waals surface area contributed by atoms with Crippen molar-refractivity contribution in [1.82, 2.24) is 4.90 Å². The summed E-state index contributed by atoms with van der Waals surface area (Å²) in [4.78, 5) is 16.7. The maximum Gasteiger partial charge on any atom is 0.229 e. The summed E-state index contributed by atoms with van der Waals surface area (Å²) in [5.74, 6) is 0.0243. The molecule has 0 N–H and O–H groups in total. The molecule has 2 heterocycles. The third-order valence-corrected chi connectivity index (χ3v) is 6.18. The first-order chi connectivity index (χ1) is 13.1. The lowest BCUT2D eigenvalue weighted by Crippen LogP contribution is -2.47. The second kappa shape index (κ2) is 7.09. The summed E-state index contributed by atoms with van der Waals surface area (Å²) in [5.41, 5.74) is 3.64. The number of thioether (sulfide) groups is 1. The summed E-state index contributed by atoms with van der Waals surface area (Å²) in [6.45, 7) is 2.49. The lowest BCUT2D eigenvalue weighted by atomic mass is 9.86. The molecule has 4 nitrogen and oxygen atoms in total. The first-order valence-corrected chi connectivity index (χ1v) is 9.70. The van der Waals surface area contributed by atoms with E-state index in [1.807, 2.05) is 18.2 Å². The first-order valence-electron chi connectivity index (χ1n) is 8.72. The molecule has 2 aromatic carbocycles. The zero-order valence-corrected chi connectivity index (χ0v) is 15.7. The maximum atomic E-state index is 13.3. The van der Waals surface area contributed by atoms with Crippen molar-refractivity contribution in [2.75, 3.05) is 17.4 Å². The number of allylic oxidation sites excluding steroid dienone is 1. The van der Waals surface area contributed by atoms with Crippen molar-refractivity contribution in [1.29, 1.82) is 5.26 Å². The van der Waals surface area contributed by atoms with Crippen molar-refractivity contribution in [2.45, 2.75) is 19.3 Å². The van der Waals surface area contributed by atoms with Gasteiger partial charge in [-0.15, -0.1) is 0 Å². The van der Waals surface area contributed by atoms with Crippen LogP contribution in [0.1, 0.15) is 23.5 Å². The monoisotopic (exact) mass is 379 g/mol. The predicted molar refractivity (Wildman–Crippen MR) is 104 cm³/mol. The molecular formula is C21H18FN3OS. The molecule has 0 spiro atoms. The minimum atomic E-state index is -0.324. The molecule has 4 rings (SSSR count). The molecule has 2 aromatic rings. The van der Waals surface area contributed by atoms with Crippen LogP contribution < -0.4 is 4.90 Å². The third-order valence-electron chi connectivity index (χ3n) is 5.02. The minimum absolute atomic E-state index is 0.0101. The van der Waals surface area contributed by atoms with E-state index in [0.717, 1.165) is 21.8 Å². The highest BCUT2D eigenvalue weighted by Gasteiger charge is 2.38. The largest absolute Gasteiger partial charge is 0.343 e. The Hall–Kier alpha value is -2.78. The van der Waals surface area contributed by atoms with Gasteiger partial charge in [-0.05, 0) is 36.2 Å². The number of hydrogen-bond donors (Lipinski definition) is 0. The molecule has 1 amide bonds. The molecule has 0 aromatic heterocycles. The Labute approximate surface area is 161 Å². The number of nitrogens with zero attached hydrogens (tertiary/aromatic N) is 3. The normalized spacial score (nSPS) is 19.7. The van der Waals surface area contributed by atoms with Gasteiger partial charge >= 0.3 is 0 Å². The third kappa shape index (κ3) is 3.19. The Balaban J connectivity index is 1.68. The Kier molecular flexibility index (Phi) is 4.63. The van der Waals surface area contributed by atoms with E-state index >= 15 is 0 Å². The number of amides is 1. The van der Waals surface area contributed by atoms with E-state index in [4.69, 9.17) is 0 Å². The maximum absolute atomic E-state index is 13.3. The Morgan fingerprint density at radius 1 is 1.19 bits per heavy atom. The quantitative estimate of drug-likeness (QED) is 0.778. The highest BCUT2D eigenvalue weighted by molar-refractivity contribution is 8.03. The predicted octanol–water partition coefficient (Wildman–Crippen LogP) is 4.35. The molecular weight excluding hydrogens is 361 g/mol. The van der Waals surface area contributed by atoms with E-state index < -0.39 is 0 Å². The molecule has 0 bridgehead atoms. The SMILES string of the molecule is Cc1ccccc1N1CSC2=C(C#N)C(c3ccc(F)cc3)CC(=O)N2C1. The van der Waals surface area contributed by atoms with Crippen molar-refractivity contribution >= 4 is 23.4 Å². The average molecular weight is 379 g/mol. The van der Waals surface area contributed by atoms with Gasteiger partial charge < -0.3 is 4.90 Å². The number of carbonyl (C=O) groups excluding carboxylic acids is 1. The minimum Gasteiger partial charge on any atom is -0.343 e. The number of rotatable bonds is 2. The van der Waals surface area contributed by atoms with Gasteiger partial charge in [0.25, 0.3) is 0 Å². The van der Waals surface area contributed by atoms with E-state index in [9.17, 15) is 14.4 Å². The van der Waals surface area contributed by atoms with Crippen LogP contribution in [0.4, 0.5) is 10.1 Å². The molecule has 136 valence electrons. The van der Waals surface area contributed by atoms with Gasteiger partial charge in [-0.1, -0.05) is 42.1 Å². The molecule has 2 aliphatic rings. The molecule has 2 aliphatic heterocycles. The Morgan fingerprint density at radius 3 is 2.63 bits per heavy atom. The summed E-state index contributed by atoms with van der Waals surface area (Å²) >= 11 is 1.51. The van der Waals surface area contributed by atoms with Crippen LogP contribution in [0, 0.1) is 24.1 Å². The number of halogens is 1. The molecule has 1 fully saturated rings. The molecule has 6 heteroatoms. The summed E-state index contributed by atoms with van der Waals surface area (Å²) in [6.07, 6.45) is 0.222. The summed E-state index contributed by atoms with van der Waals surface area (Å²) in [5, 5.41) is 10.5. The zero-order valence-electron chi connectivity index (χ0n) is 14.9. The standard InChI is InChI=1S/C21H18FN3OS/c1-14-4-2-3-5-19(14)24-12-25-20(26)10-17(15-6-8-16(22)9-7-15)18(11-23)21(25)27-13-24/h2-9,17H,10,12-13H2,1H3. The van der Waals surface area contributed by atoms with Gasteiger partial charge in [-0.25, -0.2) is 4.39 Å². The number of anilines is 1. The van der Waals surface area contributed by atoms with Crippen LogP contribution >= 0.6 is 11.8 Å². The fourth-order valence-electron chi connectivity index (χ4n) is 3.61. The number of fused-ring (bicyclic) bond motifs is 1. The van der Waals surface area contributed by atoms with Crippen molar-refractivity contribution in [2.24, 2.45) is 0 Å². The van der Waals surface area contributed by atoms with Gasteiger partial charge in [0.15, 0.2) is 0 Å². The van der Waals surface area contributed by atoms with Crippen LogP contribution in [-0.2, 0) is 4.79 Å².